The number of thiophene rings is 1. The fourth-order valence-corrected chi connectivity index (χ4v) is 3.41. The molecule has 10 heteroatoms. The van der Waals surface area contributed by atoms with E-state index in [1.54, 1.807) is 30.5 Å². The molecule has 0 aromatic carbocycles. The first-order valence-electron chi connectivity index (χ1n) is 8.43. The van der Waals surface area contributed by atoms with Crippen molar-refractivity contribution in [2.45, 2.75) is 39.0 Å². The van der Waals surface area contributed by atoms with Crippen LogP contribution in [0.4, 0.5) is 13.2 Å². The van der Waals surface area contributed by atoms with Crippen molar-refractivity contribution in [3.63, 3.8) is 0 Å². The summed E-state index contributed by atoms with van der Waals surface area (Å²) in [5.41, 5.74) is 0.520. The molecule has 0 aliphatic carbocycles. The molecule has 0 aliphatic heterocycles. The molecule has 2 N–H and O–H groups in total. The Morgan fingerprint density at radius 3 is 2.68 bits per heavy atom. The van der Waals surface area contributed by atoms with E-state index in [1.165, 1.54) is 16.0 Å². The molecule has 0 saturated carbocycles. The summed E-state index contributed by atoms with van der Waals surface area (Å²) in [6, 6.07) is 7.65. The summed E-state index contributed by atoms with van der Waals surface area (Å²) in [4.78, 5) is 10.6. The van der Waals surface area contributed by atoms with E-state index in [0.29, 0.717) is 11.5 Å². The average Bonchev–Trinajstić information content (AvgIpc) is 3.01. The van der Waals surface area contributed by atoms with E-state index in [0.717, 1.165) is 6.42 Å². The number of aromatic nitrogens is 1. The lowest BCUT2D eigenvalue weighted by Gasteiger charge is -2.18. The highest BCUT2D eigenvalue weighted by atomic mass is 127. The van der Waals surface area contributed by atoms with Crippen LogP contribution < -0.4 is 15.4 Å². The van der Waals surface area contributed by atoms with Gasteiger partial charge in [0.2, 0.25) is 5.88 Å². The number of nitrogens with zero attached hydrogens (tertiary/aromatic N) is 2. The van der Waals surface area contributed by atoms with Crippen molar-refractivity contribution in [1.82, 2.24) is 15.6 Å². The summed E-state index contributed by atoms with van der Waals surface area (Å²) >= 11 is 1.75. The highest BCUT2D eigenvalue weighted by molar-refractivity contribution is 14.0. The number of aliphatic imine (C=N–C) groups is 1. The molecule has 2 aromatic rings. The van der Waals surface area contributed by atoms with Crippen molar-refractivity contribution >= 4 is 41.3 Å². The molecular weight excluding hydrogens is 504 g/mol. The first-order valence-corrected chi connectivity index (χ1v) is 9.24. The first kappa shape index (κ1) is 24.5. The third-order valence-corrected chi connectivity index (χ3v) is 4.60. The van der Waals surface area contributed by atoms with Gasteiger partial charge in [-0.2, -0.15) is 13.2 Å². The molecule has 2 aromatic heterocycles. The Morgan fingerprint density at radius 2 is 2.07 bits per heavy atom. The minimum absolute atomic E-state index is 0. The van der Waals surface area contributed by atoms with E-state index in [4.69, 9.17) is 4.74 Å². The largest absolute Gasteiger partial charge is 0.468 e. The van der Waals surface area contributed by atoms with Crippen molar-refractivity contribution in [3.05, 3.63) is 45.8 Å². The molecule has 0 saturated heterocycles. The van der Waals surface area contributed by atoms with Gasteiger partial charge in [-0.1, -0.05) is 6.07 Å². The number of halogens is 4. The van der Waals surface area contributed by atoms with Gasteiger partial charge in [0.05, 0.1) is 0 Å². The van der Waals surface area contributed by atoms with Crippen LogP contribution in [0.5, 0.6) is 5.88 Å². The Bertz CT molecular complexity index is 767. The Kier molecular flexibility index (Phi) is 10.0. The summed E-state index contributed by atoms with van der Waals surface area (Å²) in [7, 11) is 1.64. The second-order valence-electron chi connectivity index (χ2n) is 6.06. The fraction of sp³-hybridized carbons (Fsp3) is 0.444. The van der Waals surface area contributed by atoms with Crippen molar-refractivity contribution < 1.29 is 17.9 Å². The van der Waals surface area contributed by atoms with Gasteiger partial charge >= 0.3 is 6.18 Å². The molecule has 2 heterocycles. The predicted molar refractivity (Wildman–Crippen MR) is 117 cm³/mol. The van der Waals surface area contributed by atoms with Gasteiger partial charge < -0.3 is 15.4 Å². The number of pyridine rings is 1. The van der Waals surface area contributed by atoms with Gasteiger partial charge in [0.25, 0.3) is 0 Å². The summed E-state index contributed by atoms with van der Waals surface area (Å²) in [6.45, 7) is 2.98. The number of aryl methyl sites for hydroxylation is 1. The lowest BCUT2D eigenvalue weighted by Crippen LogP contribution is -2.42. The molecule has 0 aliphatic rings. The number of alkyl halides is 3. The van der Waals surface area contributed by atoms with Gasteiger partial charge in [-0.25, -0.2) is 4.98 Å². The van der Waals surface area contributed by atoms with E-state index < -0.39 is 12.8 Å². The number of guanidine groups is 1. The van der Waals surface area contributed by atoms with E-state index in [1.807, 2.05) is 6.92 Å². The quantitative estimate of drug-likeness (QED) is 0.320. The van der Waals surface area contributed by atoms with Crippen LogP contribution in [0.25, 0.3) is 0 Å². The van der Waals surface area contributed by atoms with E-state index >= 15 is 0 Å². The van der Waals surface area contributed by atoms with Crippen molar-refractivity contribution in [2.75, 3.05) is 13.7 Å². The molecule has 28 heavy (non-hydrogen) atoms. The highest BCUT2D eigenvalue weighted by Crippen LogP contribution is 2.20. The van der Waals surface area contributed by atoms with Gasteiger partial charge in [-0.05, 0) is 32.0 Å². The minimum atomic E-state index is -4.41. The van der Waals surface area contributed by atoms with E-state index in [2.05, 4.69) is 39.7 Å². The van der Waals surface area contributed by atoms with Crippen molar-refractivity contribution in [2.24, 2.45) is 4.99 Å². The Hall–Kier alpha value is -1.56. The second-order valence-corrected chi connectivity index (χ2v) is 7.43. The standard InChI is InChI=1S/C18H23F3N4OS.HI/c1-12(9-15-7-6-13(2)27-15)25-17(22-3)24-10-14-5-4-8-23-16(14)26-11-18(19,20)21;/h4-8,12H,9-11H2,1-3H3,(H2,22,24,25);1H. The van der Waals surface area contributed by atoms with Gasteiger partial charge in [0.1, 0.15) is 0 Å². The summed E-state index contributed by atoms with van der Waals surface area (Å²) < 4.78 is 41.9. The van der Waals surface area contributed by atoms with Crippen LogP contribution in [-0.2, 0) is 13.0 Å². The lowest BCUT2D eigenvalue weighted by atomic mass is 10.2. The maximum atomic E-state index is 12.4. The zero-order valence-corrected chi connectivity index (χ0v) is 19.0. The van der Waals surface area contributed by atoms with E-state index in [9.17, 15) is 13.2 Å². The summed E-state index contributed by atoms with van der Waals surface area (Å²) in [5, 5.41) is 6.36. The molecule has 156 valence electrons. The normalized spacial score (nSPS) is 12.9. The summed E-state index contributed by atoms with van der Waals surface area (Å²) in [5.74, 6) is 0.515. The topological polar surface area (TPSA) is 58.5 Å². The minimum Gasteiger partial charge on any atom is -0.468 e. The smallest absolute Gasteiger partial charge is 0.422 e. The zero-order valence-electron chi connectivity index (χ0n) is 15.8. The monoisotopic (exact) mass is 528 g/mol. The predicted octanol–water partition coefficient (Wildman–Crippen LogP) is 4.31. The number of hydrogen-bond acceptors (Lipinski definition) is 4. The van der Waals surface area contributed by atoms with Crippen LogP contribution in [0.15, 0.2) is 35.5 Å². The summed E-state index contributed by atoms with van der Waals surface area (Å²) in [6.07, 6.45) is -2.16. The lowest BCUT2D eigenvalue weighted by molar-refractivity contribution is -0.154. The molecule has 2 rings (SSSR count). The van der Waals surface area contributed by atoms with Crippen molar-refractivity contribution in [3.8, 4) is 5.88 Å². The molecule has 0 radical (unpaired) electrons. The Labute approximate surface area is 183 Å². The number of hydrogen-bond donors (Lipinski definition) is 2. The van der Waals surface area contributed by atoms with Gasteiger partial charge in [0.15, 0.2) is 12.6 Å². The molecule has 0 spiro atoms. The SMILES string of the molecule is CN=C(NCc1cccnc1OCC(F)(F)F)NC(C)Cc1ccc(C)s1.I. The zero-order chi connectivity index (χ0) is 19.9. The van der Waals surface area contributed by atoms with Crippen LogP contribution in [0.2, 0.25) is 0 Å². The number of ether oxygens (including phenoxy) is 1. The van der Waals surface area contributed by atoms with Gasteiger partial charge in [-0.3, -0.25) is 4.99 Å². The maximum absolute atomic E-state index is 12.4. The molecule has 0 bridgehead atoms. The van der Waals surface area contributed by atoms with Gasteiger partial charge in [-0.15, -0.1) is 35.3 Å². The highest BCUT2D eigenvalue weighted by Gasteiger charge is 2.29. The van der Waals surface area contributed by atoms with E-state index in [-0.39, 0.29) is 42.4 Å². The van der Waals surface area contributed by atoms with Crippen LogP contribution in [0.3, 0.4) is 0 Å². The maximum Gasteiger partial charge on any atom is 0.422 e. The molecule has 1 atom stereocenters. The molecular formula is C18H24F3IN4OS. The van der Waals surface area contributed by atoms with Crippen molar-refractivity contribution in [1.29, 1.82) is 0 Å². The van der Waals surface area contributed by atoms with Crippen LogP contribution in [0, 0.1) is 6.92 Å². The second kappa shape index (κ2) is 11.4. The molecule has 0 amide bonds. The Morgan fingerprint density at radius 1 is 1.32 bits per heavy atom. The van der Waals surface area contributed by atoms with Gasteiger partial charge in [0, 0.05) is 47.6 Å². The number of rotatable bonds is 7. The fourth-order valence-electron chi connectivity index (χ4n) is 2.39. The molecule has 1 unspecified atom stereocenters. The molecule has 5 nitrogen and oxygen atoms in total. The third kappa shape index (κ3) is 8.63. The van der Waals surface area contributed by atoms with Crippen LogP contribution in [0.1, 0.15) is 22.2 Å². The van der Waals surface area contributed by atoms with Crippen LogP contribution in [-0.4, -0.2) is 36.8 Å². The van der Waals surface area contributed by atoms with Crippen LogP contribution >= 0.6 is 35.3 Å². The molecule has 0 fully saturated rings. The third-order valence-electron chi connectivity index (χ3n) is 3.58. The number of nitrogens with one attached hydrogen (secondary N) is 2. The average molecular weight is 528 g/mol. The Balaban J connectivity index is 0.00000392. The first-order chi connectivity index (χ1) is 12.8.